The number of rotatable bonds is 4. The van der Waals surface area contributed by atoms with Crippen molar-refractivity contribution in [2.75, 3.05) is 26.2 Å². The van der Waals surface area contributed by atoms with Crippen LogP contribution in [0.3, 0.4) is 0 Å². The Hall–Kier alpha value is -0.960. The fourth-order valence-electron chi connectivity index (χ4n) is 2.96. The molecule has 0 radical (unpaired) electrons. The highest BCUT2D eigenvalue weighted by Crippen LogP contribution is 2.27. The van der Waals surface area contributed by atoms with Crippen molar-refractivity contribution in [2.45, 2.75) is 36.6 Å². The van der Waals surface area contributed by atoms with E-state index >= 15 is 0 Å². The highest BCUT2D eigenvalue weighted by Gasteiger charge is 2.32. The molecule has 1 aromatic rings. The molecule has 2 fully saturated rings. The zero-order chi connectivity index (χ0) is 15.6. The number of hydrogen-bond donors (Lipinski definition) is 2. The van der Waals surface area contributed by atoms with Crippen molar-refractivity contribution in [2.24, 2.45) is 0 Å². The van der Waals surface area contributed by atoms with Crippen LogP contribution in [0, 0.1) is 0 Å². The third kappa shape index (κ3) is 3.19. The molecule has 0 saturated carbocycles. The zero-order valence-corrected chi connectivity index (χ0v) is 14.0. The van der Waals surface area contributed by atoms with E-state index in [0.717, 1.165) is 38.8 Å². The second kappa shape index (κ2) is 6.66. The van der Waals surface area contributed by atoms with E-state index < -0.39 is 10.0 Å². The summed E-state index contributed by atoms with van der Waals surface area (Å²) in [4.78, 5) is 12.9. The van der Waals surface area contributed by atoms with Crippen LogP contribution in [0.1, 0.15) is 35.4 Å². The summed E-state index contributed by atoms with van der Waals surface area (Å²) < 4.78 is 26.8. The smallest absolute Gasteiger partial charge is 0.263 e. The maximum Gasteiger partial charge on any atom is 0.263 e. The fourth-order valence-corrected chi connectivity index (χ4v) is 5.78. The van der Waals surface area contributed by atoms with Crippen molar-refractivity contribution in [1.82, 2.24) is 14.9 Å². The lowest BCUT2D eigenvalue weighted by Crippen LogP contribution is -2.45. The van der Waals surface area contributed by atoms with Gasteiger partial charge in [-0.05, 0) is 43.7 Å². The van der Waals surface area contributed by atoms with E-state index in [1.54, 1.807) is 11.4 Å². The summed E-state index contributed by atoms with van der Waals surface area (Å²) in [5, 5.41) is 7.87. The quantitative estimate of drug-likeness (QED) is 0.855. The third-order valence-electron chi connectivity index (χ3n) is 4.15. The van der Waals surface area contributed by atoms with Crippen molar-refractivity contribution in [3.05, 3.63) is 16.3 Å². The Labute approximate surface area is 134 Å². The molecule has 1 aromatic heterocycles. The van der Waals surface area contributed by atoms with Gasteiger partial charge in [0.2, 0.25) is 10.0 Å². The second-order valence-corrected chi connectivity index (χ2v) is 8.56. The van der Waals surface area contributed by atoms with Gasteiger partial charge in [-0.3, -0.25) is 4.79 Å². The summed E-state index contributed by atoms with van der Waals surface area (Å²) in [7, 11) is -3.54. The number of carbonyl (C=O) groups excluding carboxylic acids is 1. The summed E-state index contributed by atoms with van der Waals surface area (Å²) in [6.07, 6.45) is 3.73. The first kappa shape index (κ1) is 15.9. The zero-order valence-electron chi connectivity index (χ0n) is 12.4. The van der Waals surface area contributed by atoms with Crippen LogP contribution >= 0.6 is 11.3 Å². The monoisotopic (exact) mass is 343 g/mol. The molecule has 2 aliphatic heterocycles. The normalized spacial score (nSPS) is 23.5. The summed E-state index contributed by atoms with van der Waals surface area (Å²) in [5.74, 6) is -0.276. The van der Waals surface area contributed by atoms with Gasteiger partial charge < -0.3 is 10.6 Å². The molecule has 22 heavy (non-hydrogen) atoms. The van der Waals surface area contributed by atoms with E-state index in [9.17, 15) is 13.2 Å². The van der Waals surface area contributed by atoms with Crippen LogP contribution < -0.4 is 10.6 Å². The molecule has 3 rings (SSSR count). The first-order chi connectivity index (χ1) is 10.6. The van der Waals surface area contributed by atoms with E-state index in [2.05, 4.69) is 10.6 Å². The van der Waals surface area contributed by atoms with Gasteiger partial charge in [-0.1, -0.05) is 0 Å². The van der Waals surface area contributed by atoms with Gasteiger partial charge in [-0.15, -0.1) is 11.3 Å². The Kier molecular flexibility index (Phi) is 4.82. The molecule has 3 heterocycles. The lowest BCUT2D eigenvalue weighted by Gasteiger charge is -2.24. The molecular weight excluding hydrogens is 322 g/mol. The molecule has 2 aliphatic rings. The van der Waals surface area contributed by atoms with Crippen LogP contribution in [0.25, 0.3) is 0 Å². The fraction of sp³-hybridized carbons (Fsp3) is 0.643. The molecule has 2 N–H and O–H groups in total. The Morgan fingerprint density at radius 1 is 1.32 bits per heavy atom. The van der Waals surface area contributed by atoms with Gasteiger partial charge in [-0.2, -0.15) is 4.31 Å². The maximum atomic E-state index is 12.7. The molecule has 2 saturated heterocycles. The van der Waals surface area contributed by atoms with Crippen molar-refractivity contribution >= 4 is 27.3 Å². The summed E-state index contributed by atoms with van der Waals surface area (Å²) in [6, 6.07) is 1.62. The Morgan fingerprint density at radius 3 is 2.77 bits per heavy atom. The Morgan fingerprint density at radius 2 is 2.09 bits per heavy atom. The molecular formula is C14H21N3O3S2. The molecule has 122 valence electrons. The molecule has 1 atom stereocenters. The number of piperidine rings is 1. The second-order valence-electron chi connectivity index (χ2n) is 5.74. The van der Waals surface area contributed by atoms with Crippen LogP contribution in [0.4, 0.5) is 0 Å². The number of thiophene rings is 1. The van der Waals surface area contributed by atoms with Crippen LogP contribution in [-0.4, -0.2) is 50.9 Å². The van der Waals surface area contributed by atoms with Crippen LogP contribution in [-0.2, 0) is 10.0 Å². The van der Waals surface area contributed by atoms with Gasteiger partial charge in [0, 0.05) is 25.7 Å². The molecule has 0 spiro atoms. The minimum Gasteiger partial charge on any atom is -0.347 e. The highest BCUT2D eigenvalue weighted by molar-refractivity contribution is 7.89. The van der Waals surface area contributed by atoms with Crippen molar-refractivity contribution in [3.63, 3.8) is 0 Å². The van der Waals surface area contributed by atoms with Crippen molar-refractivity contribution in [1.29, 1.82) is 0 Å². The van der Waals surface area contributed by atoms with Gasteiger partial charge in [0.05, 0.1) is 0 Å². The predicted molar refractivity (Wildman–Crippen MR) is 85.7 cm³/mol. The summed E-state index contributed by atoms with van der Waals surface area (Å²) in [6.45, 7) is 2.81. The number of carbonyl (C=O) groups is 1. The van der Waals surface area contributed by atoms with E-state index in [-0.39, 0.29) is 16.8 Å². The first-order valence-electron chi connectivity index (χ1n) is 7.68. The molecule has 1 amide bonds. The lowest BCUT2D eigenvalue weighted by atomic mass is 10.1. The molecule has 0 aromatic carbocycles. The van der Waals surface area contributed by atoms with Crippen LogP contribution in [0.5, 0.6) is 0 Å². The minimum atomic E-state index is -3.54. The average molecular weight is 343 g/mol. The molecule has 6 nitrogen and oxygen atoms in total. The lowest BCUT2D eigenvalue weighted by molar-refractivity contribution is 0.0931. The standard InChI is InChI=1S/C14H21N3O3S2/c18-14(16-11-4-3-6-15-10-11)13-12(5-9-21-13)22(19,20)17-7-1-2-8-17/h5,9,11,15H,1-4,6-8,10H2,(H,16,18). The van der Waals surface area contributed by atoms with Gasteiger partial charge in [0.15, 0.2) is 0 Å². The summed E-state index contributed by atoms with van der Waals surface area (Å²) in [5.41, 5.74) is 0. The van der Waals surface area contributed by atoms with Crippen molar-refractivity contribution in [3.8, 4) is 0 Å². The largest absolute Gasteiger partial charge is 0.347 e. The topological polar surface area (TPSA) is 78.5 Å². The van der Waals surface area contributed by atoms with Gasteiger partial charge in [0.25, 0.3) is 5.91 Å². The number of hydrogen-bond acceptors (Lipinski definition) is 5. The van der Waals surface area contributed by atoms with Crippen molar-refractivity contribution < 1.29 is 13.2 Å². The van der Waals surface area contributed by atoms with E-state index in [1.807, 2.05) is 0 Å². The first-order valence-corrected chi connectivity index (χ1v) is 10.0. The third-order valence-corrected chi connectivity index (χ3v) is 7.13. The molecule has 8 heteroatoms. The maximum absolute atomic E-state index is 12.7. The van der Waals surface area contributed by atoms with Crippen LogP contribution in [0.2, 0.25) is 0 Å². The number of nitrogens with zero attached hydrogens (tertiary/aromatic N) is 1. The average Bonchev–Trinajstić information content (AvgIpc) is 3.20. The van der Waals surface area contributed by atoms with Gasteiger partial charge in [-0.25, -0.2) is 8.42 Å². The molecule has 0 aliphatic carbocycles. The number of nitrogens with one attached hydrogen (secondary N) is 2. The predicted octanol–water partition coefficient (Wildman–Crippen LogP) is 1.01. The number of sulfonamides is 1. The van der Waals surface area contributed by atoms with E-state index in [1.165, 1.54) is 15.6 Å². The highest BCUT2D eigenvalue weighted by atomic mass is 32.2. The van der Waals surface area contributed by atoms with E-state index in [4.69, 9.17) is 0 Å². The Balaban J connectivity index is 1.77. The SMILES string of the molecule is O=C(NC1CCCNC1)c1sccc1S(=O)(=O)N1CCCC1. The van der Waals surface area contributed by atoms with Gasteiger partial charge in [0.1, 0.15) is 9.77 Å². The molecule has 1 unspecified atom stereocenters. The van der Waals surface area contributed by atoms with Gasteiger partial charge >= 0.3 is 0 Å². The van der Waals surface area contributed by atoms with E-state index in [0.29, 0.717) is 18.0 Å². The Bertz CT molecular complexity index is 630. The minimum absolute atomic E-state index is 0.0747. The molecule has 0 bridgehead atoms. The van der Waals surface area contributed by atoms with Crippen LogP contribution in [0.15, 0.2) is 16.3 Å². The number of amides is 1. The summed E-state index contributed by atoms with van der Waals surface area (Å²) >= 11 is 1.19.